The van der Waals surface area contributed by atoms with Gasteiger partial charge in [0.05, 0.1) is 18.2 Å². The van der Waals surface area contributed by atoms with Crippen LogP contribution in [0.5, 0.6) is 0 Å². The molecular weight excluding hydrogens is 205 g/mol. The van der Waals surface area contributed by atoms with E-state index in [1.54, 1.807) is 6.07 Å². The first-order valence-corrected chi connectivity index (χ1v) is 4.05. The first-order valence-electron chi connectivity index (χ1n) is 3.61. The number of rotatable bonds is 1. The molecule has 1 aromatic rings. The van der Waals surface area contributed by atoms with E-state index < -0.39 is 11.8 Å². The van der Waals surface area contributed by atoms with Crippen LogP contribution in [0.3, 0.4) is 0 Å². The van der Waals surface area contributed by atoms with Crippen molar-refractivity contribution in [3.63, 3.8) is 0 Å². The summed E-state index contributed by atoms with van der Waals surface area (Å²) in [5.74, 6) is -1.36. The van der Waals surface area contributed by atoms with Gasteiger partial charge in [0.15, 0.2) is 5.82 Å². The molecule has 72 valence electrons. The Morgan fingerprint density at radius 2 is 2.29 bits per heavy atom. The summed E-state index contributed by atoms with van der Waals surface area (Å²) in [6.07, 6.45) is 0. The van der Waals surface area contributed by atoms with Crippen molar-refractivity contribution in [1.29, 1.82) is 5.26 Å². The van der Waals surface area contributed by atoms with Gasteiger partial charge >= 0.3 is 5.97 Å². The van der Waals surface area contributed by atoms with Gasteiger partial charge in [0.25, 0.3) is 0 Å². The maximum Gasteiger partial charge on any atom is 0.337 e. The van der Waals surface area contributed by atoms with Gasteiger partial charge in [-0.15, -0.1) is 12.6 Å². The van der Waals surface area contributed by atoms with E-state index in [0.29, 0.717) is 0 Å². The predicted molar refractivity (Wildman–Crippen MR) is 49.7 cm³/mol. The molecule has 0 spiro atoms. The van der Waals surface area contributed by atoms with Crippen molar-refractivity contribution in [2.45, 2.75) is 4.90 Å². The van der Waals surface area contributed by atoms with Crippen LogP contribution in [0, 0.1) is 17.1 Å². The highest BCUT2D eigenvalue weighted by molar-refractivity contribution is 7.80. The number of thiol groups is 1. The number of nitriles is 1. The molecule has 0 heterocycles. The second kappa shape index (κ2) is 4.11. The second-order valence-corrected chi connectivity index (χ2v) is 2.94. The molecule has 0 aliphatic carbocycles. The summed E-state index contributed by atoms with van der Waals surface area (Å²) >= 11 is 3.79. The summed E-state index contributed by atoms with van der Waals surface area (Å²) in [6.45, 7) is 0. The molecule has 1 aromatic carbocycles. The fourth-order valence-corrected chi connectivity index (χ4v) is 1.19. The van der Waals surface area contributed by atoms with Crippen LogP contribution in [-0.4, -0.2) is 13.1 Å². The van der Waals surface area contributed by atoms with Crippen molar-refractivity contribution in [2.24, 2.45) is 0 Å². The Kier molecular flexibility index (Phi) is 3.10. The quantitative estimate of drug-likeness (QED) is 0.569. The molecule has 3 nitrogen and oxygen atoms in total. The molecule has 0 aliphatic rings. The average Bonchev–Trinajstić information content (AvgIpc) is 2.20. The Hall–Kier alpha value is -1.54. The number of hydrogen-bond donors (Lipinski definition) is 1. The minimum atomic E-state index is -0.733. The van der Waals surface area contributed by atoms with E-state index in [1.165, 1.54) is 13.2 Å². The molecule has 0 amide bonds. The first kappa shape index (κ1) is 10.5. The Morgan fingerprint density at radius 3 is 2.79 bits per heavy atom. The molecule has 0 unspecified atom stereocenters. The number of nitrogens with zero attached hydrogens (tertiary/aromatic N) is 1. The molecule has 0 aliphatic heterocycles. The molecule has 0 fully saturated rings. The van der Waals surface area contributed by atoms with Crippen LogP contribution in [0.2, 0.25) is 0 Å². The molecule has 14 heavy (non-hydrogen) atoms. The number of methoxy groups -OCH3 is 1. The number of benzene rings is 1. The van der Waals surface area contributed by atoms with Crippen LogP contribution < -0.4 is 0 Å². The van der Waals surface area contributed by atoms with E-state index >= 15 is 0 Å². The van der Waals surface area contributed by atoms with Gasteiger partial charge in [-0.05, 0) is 12.1 Å². The third-order valence-electron chi connectivity index (χ3n) is 1.59. The Bertz CT molecular complexity index is 426. The van der Waals surface area contributed by atoms with Crippen molar-refractivity contribution >= 4 is 18.6 Å². The van der Waals surface area contributed by atoms with Crippen molar-refractivity contribution in [1.82, 2.24) is 0 Å². The lowest BCUT2D eigenvalue weighted by atomic mass is 10.1. The number of esters is 1. The van der Waals surface area contributed by atoms with Crippen molar-refractivity contribution in [3.05, 3.63) is 29.1 Å². The number of carbonyl (C=O) groups excluding carboxylic acids is 1. The second-order valence-electron chi connectivity index (χ2n) is 2.46. The molecular formula is C9H6FNO2S. The summed E-state index contributed by atoms with van der Waals surface area (Å²) in [7, 11) is 1.20. The monoisotopic (exact) mass is 211 g/mol. The summed E-state index contributed by atoms with van der Waals surface area (Å²) in [6, 6.07) is 3.96. The van der Waals surface area contributed by atoms with Crippen LogP contribution in [0.15, 0.2) is 17.0 Å². The van der Waals surface area contributed by atoms with Crippen molar-refractivity contribution < 1.29 is 13.9 Å². The lowest BCUT2D eigenvalue weighted by molar-refractivity contribution is 0.0600. The molecule has 0 atom stereocenters. The molecule has 0 N–H and O–H groups in total. The SMILES string of the molecule is COC(=O)c1cc(S)c(F)c(C#N)c1. The topological polar surface area (TPSA) is 50.1 Å². The Morgan fingerprint density at radius 1 is 1.64 bits per heavy atom. The summed E-state index contributed by atoms with van der Waals surface area (Å²) in [5, 5.41) is 8.55. The molecule has 0 aromatic heterocycles. The third kappa shape index (κ3) is 1.86. The van der Waals surface area contributed by atoms with Crippen molar-refractivity contribution in [3.8, 4) is 6.07 Å². The van der Waals surface area contributed by atoms with Gasteiger partial charge in [-0.3, -0.25) is 0 Å². The predicted octanol–water partition coefficient (Wildman–Crippen LogP) is 1.77. The van der Waals surface area contributed by atoms with Gasteiger partial charge in [-0.25, -0.2) is 9.18 Å². The fourth-order valence-electron chi connectivity index (χ4n) is 0.926. The standard InChI is InChI=1S/C9H6FNO2S/c1-13-9(12)5-2-6(4-11)8(10)7(14)3-5/h2-3,14H,1H3. The summed E-state index contributed by atoms with van der Waals surface area (Å²) in [4.78, 5) is 11.0. The number of hydrogen-bond acceptors (Lipinski definition) is 4. The molecule has 0 radical (unpaired) electrons. The van der Waals surface area contributed by atoms with Crippen LogP contribution in [0.25, 0.3) is 0 Å². The maximum atomic E-state index is 13.1. The van der Waals surface area contributed by atoms with Crippen LogP contribution in [0.1, 0.15) is 15.9 Å². The van der Waals surface area contributed by atoms with Crippen LogP contribution >= 0.6 is 12.6 Å². The van der Waals surface area contributed by atoms with Gasteiger partial charge in [0.2, 0.25) is 0 Å². The van der Waals surface area contributed by atoms with Crippen LogP contribution in [-0.2, 0) is 4.74 Å². The van der Waals surface area contributed by atoms with E-state index in [9.17, 15) is 9.18 Å². The van der Waals surface area contributed by atoms with Gasteiger partial charge in [-0.2, -0.15) is 5.26 Å². The van der Waals surface area contributed by atoms with Crippen molar-refractivity contribution in [2.75, 3.05) is 7.11 Å². The normalized spacial score (nSPS) is 9.29. The maximum absolute atomic E-state index is 13.1. The highest BCUT2D eigenvalue weighted by atomic mass is 32.1. The molecule has 0 saturated carbocycles. The third-order valence-corrected chi connectivity index (χ3v) is 1.92. The van der Waals surface area contributed by atoms with E-state index in [2.05, 4.69) is 17.4 Å². The Balaban J connectivity index is 3.32. The van der Waals surface area contributed by atoms with E-state index in [1.807, 2.05) is 0 Å². The van der Waals surface area contributed by atoms with Gasteiger partial charge in [0, 0.05) is 4.90 Å². The summed E-state index contributed by atoms with van der Waals surface area (Å²) in [5.41, 5.74) is -0.117. The molecule has 0 bridgehead atoms. The fraction of sp³-hybridized carbons (Fsp3) is 0.111. The largest absolute Gasteiger partial charge is 0.465 e. The highest BCUT2D eigenvalue weighted by Gasteiger charge is 2.12. The average molecular weight is 211 g/mol. The number of carbonyl (C=O) groups is 1. The highest BCUT2D eigenvalue weighted by Crippen LogP contribution is 2.19. The number of ether oxygens (including phenoxy) is 1. The van der Waals surface area contributed by atoms with Gasteiger partial charge < -0.3 is 4.74 Å². The lowest BCUT2D eigenvalue weighted by Crippen LogP contribution is -2.03. The smallest absolute Gasteiger partial charge is 0.337 e. The zero-order valence-electron chi connectivity index (χ0n) is 7.24. The number of halogens is 1. The zero-order valence-corrected chi connectivity index (χ0v) is 8.14. The molecule has 1 rings (SSSR count). The van der Waals surface area contributed by atoms with E-state index in [0.717, 1.165) is 6.07 Å². The Labute approximate surface area is 85.5 Å². The minimum absolute atomic E-state index is 0.0514. The van der Waals surface area contributed by atoms with Gasteiger partial charge in [-0.1, -0.05) is 0 Å². The van der Waals surface area contributed by atoms with E-state index in [-0.39, 0.29) is 16.0 Å². The zero-order chi connectivity index (χ0) is 10.7. The van der Waals surface area contributed by atoms with Gasteiger partial charge in [0.1, 0.15) is 6.07 Å². The van der Waals surface area contributed by atoms with Crippen LogP contribution in [0.4, 0.5) is 4.39 Å². The lowest BCUT2D eigenvalue weighted by Gasteiger charge is -2.02. The minimum Gasteiger partial charge on any atom is -0.465 e. The van der Waals surface area contributed by atoms with E-state index in [4.69, 9.17) is 5.26 Å². The molecule has 0 saturated heterocycles. The summed E-state index contributed by atoms with van der Waals surface area (Å²) < 4.78 is 17.5. The first-order chi connectivity index (χ1) is 6.60. The molecule has 5 heteroatoms.